The molecule has 0 saturated carbocycles. The van der Waals surface area contributed by atoms with Gasteiger partial charge < -0.3 is 19.1 Å². The number of hydrogen-bond donors (Lipinski definition) is 0. The Kier molecular flexibility index (Phi) is 12.8. The van der Waals surface area contributed by atoms with Gasteiger partial charge in [-0.3, -0.25) is 0 Å². The van der Waals surface area contributed by atoms with Gasteiger partial charge >= 0.3 is 0 Å². The van der Waals surface area contributed by atoms with Gasteiger partial charge in [0.05, 0.1) is 13.2 Å². The molecule has 4 heteroatoms. The van der Waals surface area contributed by atoms with E-state index in [-0.39, 0.29) is 0 Å². The second-order valence-corrected chi connectivity index (χ2v) is 3.27. The number of rotatable bonds is 12. The number of ether oxygens (including phenoxy) is 3. The molecule has 0 saturated heterocycles. The van der Waals surface area contributed by atoms with Gasteiger partial charge in [-0.2, -0.15) is 0 Å². The van der Waals surface area contributed by atoms with Crippen molar-refractivity contribution in [1.82, 2.24) is 4.90 Å². The molecule has 0 amide bonds. The average Bonchev–Trinajstić information content (AvgIpc) is 2.29. The number of hydrogen-bond acceptors (Lipinski definition) is 4. The van der Waals surface area contributed by atoms with E-state index in [1.54, 1.807) is 0 Å². The minimum atomic E-state index is 0.661. The van der Waals surface area contributed by atoms with Crippen molar-refractivity contribution in [3.8, 4) is 0 Å². The zero-order chi connectivity index (χ0) is 12.1. The minimum absolute atomic E-state index is 0.661. The van der Waals surface area contributed by atoms with Gasteiger partial charge in [0.25, 0.3) is 0 Å². The van der Waals surface area contributed by atoms with Gasteiger partial charge in [-0.25, -0.2) is 6.54 Å². The Morgan fingerprint density at radius 3 is 1.75 bits per heavy atom. The molecule has 0 spiro atoms. The van der Waals surface area contributed by atoms with Crippen LogP contribution in [0.15, 0.2) is 0 Å². The third-order valence-corrected chi connectivity index (χ3v) is 2.11. The molecule has 0 heterocycles. The number of nitrogens with zero attached hydrogens (tertiary/aromatic N) is 1. The van der Waals surface area contributed by atoms with Gasteiger partial charge in [-0.05, 0) is 33.9 Å². The first-order valence-corrected chi connectivity index (χ1v) is 6.15. The van der Waals surface area contributed by atoms with Gasteiger partial charge in [-0.15, -0.1) is 0 Å². The summed E-state index contributed by atoms with van der Waals surface area (Å²) in [5.74, 6) is 0. The lowest BCUT2D eigenvalue weighted by atomic mass is 10.4. The van der Waals surface area contributed by atoms with Crippen LogP contribution in [0.3, 0.4) is 0 Å². The van der Waals surface area contributed by atoms with Crippen LogP contribution in [0.25, 0.3) is 0 Å². The highest BCUT2D eigenvalue weighted by atomic mass is 16.5. The SMILES string of the molecule is CCOC[CH-]N(CCOCC)CCOCC. The maximum absolute atomic E-state index is 5.33. The van der Waals surface area contributed by atoms with Crippen LogP contribution in [0.5, 0.6) is 0 Å². The summed E-state index contributed by atoms with van der Waals surface area (Å²) in [4.78, 5) is 2.20. The smallest absolute Gasteiger partial charge is 0.0569 e. The molecule has 4 nitrogen and oxygen atoms in total. The largest absolute Gasteiger partial charge is 0.451 e. The molecule has 0 radical (unpaired) electrons. The molecule has 0 aliphatic carbocycles. The van der Waals surface area contributed by atoms with Gasteiger partial charge in [-0.1, -0.05) is 6.61 Å². The molecule has 98 valence electrons. The van der Waals surface area contributed by atoms with Crippen molar-refractivity contribution >= 4 is 0 Å². The molecule has 0 N–H and O–H groups in total. The summed E-state index contributed by atoms with van der Waals surface area (Å²) in [5.41, 5.74) is 0. The van der Waals surface area contributed by atoms with Crippen molar-refractivity contribution in [2.24, 2.45) is 0 Å². The fourth-order valence-corrected chi connectivity index (χ4v) is 1.22. The normalized spacial score (nSPS) is 11.2. The van der Waals surface area contributed by atoms with Crippen molar-refractivity contribution < 1.29 is 14.2 Å². The Morgan fingerprint density at radius 2 is 1.31 bits per heavy atom. The standard InChI is InChI=1S/C12H26NO3/c1-4-14-10-7-13(8-11-15-5-2)9-12-16-6-3/h7H,4-6,8-12H2,1-3H3/q-1. The average molecular weight is 232 g/mol. The zero-order valence-corrected chi connectivity index (χ0v) is 10.9. The van der Waals surface area contributed by atoms with Crippen LogP contribution in [-0.2, 0) is 14.2 Å². The predicted molar refractivity (Wildman–Crippen MR) is 65.4 cm³/mol. The summed E-state index contributed by atoms with van der Waals surface area (Å²) in [6.45, 7) is 14.3. The molecular weight excluding hydrogens is 206 g/mol. The molecular formula is C12H26NO3-. The Morgan fingerprint density at radius 1 is 0.812 bits per heavy atom. The second-order valence-electron chi connectivity index (χ2n) is 3.27. The molecule has 0 rings (SSSR count). The van der Waals surface area contributed by atoms with Crippen LogP contribution in [0.2, 0.25) is 0 Å². The van der Waals surface area contributed by atoms with Crippen molar-refractivity contribution in [3.63, 3.8) is 0 Å². The first-order valence-electron chi connectivity index (χ1n) is 6.15. The van der Waals surface area contributed by atoms with Crippen LogP contribution in [-0.4, -0.2) is 57.6 Å². The Hall–Kier alpha value is -0.160. The highest BCUT2D eigenvalue weighted by Crippen LogP contribution is 1.95. The first kappa shape index (κ1) is 15.8. The highest BCUT2D eigenvalue weighted by Gasteiger charge is 1.96. The molecule has 0 aromatic rings. The van der Waals surface area contributed by atoms with E-state index in [1.165, 1.54) is 0 Å². The van der Waals surface area contributed by atoms with E-state index >= 15 is 0 Å². The zero-order valence-electron chi connectivity index (χ0n) is 10.9. The van der Waals surface area contributed by atoms with Gasteiger partial charge in [0, 0.05) is 19.8 Å². The van der Waals surface area contributed by atoms with Crippen molar-refractivity contribution in [3.05, 3.63) is 6.54 Å². The maximum Gasteiger partial charge on any atom is 0.0569 e. The molecule has 0 bridgehead atoms. The van der Waals surface area contributed by atoms with E-state index in [9.17, 15) is 0 Å². The lowest BCUT2D eigenvalue weighted by Crippen LogP contribution is -2.30. The summed E-state index contributed by atoms with van der Waals surface area (Å²) in [6.07, 6.45) is 0. The van der Waals surface area contributed by atoms with Gasteiger partial charge in [0.1, 0.15) is 0 Å². The van der Waals surface area contributed by atoms with Gasteiger partial charge in [0.15, 0.2) is 0 Å². The minimum Gasteiger partial charge on any atom is -0.451 e. The quantitative estimate of drug-likeness (QED) is 0.377. The van der Waals surface area contributed by atoms with E-state index in [1.807, 2.05) is 20.8 Å². The van der Waals surface area contributed by atoms with Crippen LogP contribution in [0.4, 0.5) is 0 Å². The van der Waals surface area contributed by atoms with Crippen molar-refractivity contribution in [1.29, 1.82) is 0 Å². The monoisotopic (exact) mass is 232 g/mol. The fourth-order valence-electron chi connectivity index (χ4n) is 1.22. The molecule has 16 heavy (non-hydrogen) atoms. The van der Waals surface area contributed by atoms with E-state index in [0.717, 1.165) is 46.1 Å². The Bertz CT molecular complexity index is 110. The van der Waals surface area contributed by atoms with Crippen LogP contribution in [0.1, 0.15) is 20.8 Å². The highest BCUT2D eigenvalue weighted by molar-refractivity contribution is 4.68. The lowest BCUT2D eigenvalue weighted by molar-refractivity contribution is 0.0792. The molecule has 0 aromatic heterocycles. The third-order valence-electron chi connectivity index (χ3n) is 2.11. The van der Waals surface area contributed by atoms with Crippen LogP contribution in [0, 0.1) is 6.54 Å². The van der Waals surface area contributed by atoms with E-state index in [4.69, 9.17) is 14.2 Å². The Balaban J connectivity index is 3.58. The van der Waals surface area contributed by atoms with Gasteiger partial charge in [0.2, 0.25) is 0 Å². The molecule has 0 aromatic carbocycles. The van der Waals surface area contributed by atoms with Crippen LogP contribution < -0.4 is 0 Å². The fraction of sp³-hybridized carbons (Fsp3) is 0.917. The summed E-state index contributed by atoms with van der Waals surface area (Å²) in [5, 5.41) is 0. The van der Waals surface area contributed by atoms with Crippen LogP contribution >= 0.6 is 0 Å². The molecule has 0 aliphatic rings. The molecule has 0 fully saturated rings. The van der Waals surface area contributed by atoms with E-state index in [0.29, 0.717) is 6.61 Å². The first-order chi connectivity index (χ1) is 7.85. The lowest BCUT2D eigenvalue weighted by Gasteiger charge is -2.32. The summed E-state index contributed by atoms with van der Waals surface area (Å²) in [7, 11) is 0. The van der Waals surface area contributed by atoms with Crippen molar-refractivity contribution in [2.75, 3.05) is 52.7 Å². The topological polar surface area (TPSA) is 30.9 Å². The third kappa shape index (κ3) is 10.4. The summed E-state index contributed by atoms with van der Waals surface area (Å²) in [6, 6.07) is 0. The Labute approximate surface area is 99.9 Å². The summed E-state index contributed by atoms with van der Waals surface area (Å²) < 4.78 is 16.0. The molecule has 0 atom stereocenters. The van der Waals surface area contributed by atoms with Crippen molar-refractivity contribution in [2.45, 2.75) is 20.8 Å². The summed E-state index contributed by atoms with van der Waals surface area (Å²) >= 11 is 0. The maximum atomic E-state index is 5.33. The van der Waals surface area contributed by atoms with E-state index in [2.05, 4.69) is 11.4 Å². The molecule has 0 aliphatic heterocycles. The predicted octanol–water partition coefficient (Wildman–Crippen LogP) is 1.56. The molecule has 0 unspecified atom stereocenters. The second kappa shape index (κ2) is 12.9. The van der Waals surface area contributed by atoms with E-state index < -0.39 is 0 Å².